The normalized spacial score (nSPS) is 23.5. The molecule has 1 saturated heterocycles. The van der Waals surface area contributed by atoms with E-state index in [1.54, 1.807) is 17.0 Å². The van der Waals surface area contributed by atoms with Gasteiger partial charge in [-0.1, -0.05) is 0 Å². The Labute approximate surface area is 172 Å². The zero-order chi connectivity index (χ0) is 21.5. The summed E-state index contributed by atoms with van der Waals surface area (Å²) in [5.74, 6) is 0.218. The van der Waals surface area contributed by atoms with Gasteiger partial charge in [-0.15, -0.1) is 0 Å². The van der Waals surface area contributed by atoms with Crippen molar-refractivity contribution in [2.75, 3.05) is 12.3 Å². The molecular formula is C16H17N11O4. The van der Waals surface area contributed by atoms with E-state index in [-0.39, 0.29) is 5.82 Å². The SMILES string of the molecule is Nc1ncnc2c1ncn2[C@@H]1O[C@H](CO)[C@@H](O)[C@H]1O.c1nc2c3cn[nH]c3ncn2n1. The Hall–Kier alpha value is -3.79. The summed E-state index contributed by atoms with van der Waals surface area (Å²) in [5.41, 5.74) is 7.95. The third kappa shape index (κ3) is 3.12. The summed E-state index contributed by atoms with van der Waals surface area (Å²) in [5, 5.41) is 40.2. The van der Waals surface area contributed by atoms with Gasteiger partial charge in [-0.25, -0.2) is 29.4 Å². The minimum Gasteiger partial charge on any atom is -0.394 e. The second-order valence-corrected chi connectivity index (χ2v) is 6.72. The van der Waals surface area contributed by atoms with Crippen molar-refractivity contribution in [2.24, 2.45) is 0 Å². The molecular weight excluding hydrogens is 410 g/mol. The van der Waals surface area contributed by atoms with Crippen molar-refractivity contribution in [2.45, 2.75) is 24.5 Å². The van der Waals surface area contributed by atoms with Gasteiger partial charge in [-0.05, 0) is 0 Å². The van der Waals surface area contributed by atoms with E-state index in [9.17, 15) is 10.2 Å². The van der Waals surface area contributed by atoms with Crippen molar-refractivity contribution in [1.29, 1.82) is 0 Å². The van der Waals surface area contributed by atoms with E-state index in [0.717, 1.165) is 16.7 Å². The molecule has 15 nitrogen and oxygen atoms in total. The average molecular weight is 427 g/mol. The van der Waals surface area contributed by atoms with Crippen LogP contribution in [0.2, 0.25) is 0 Å². The first kappa shape index (κ1) is 19.2. The zero-order valence-corrected chi connectivity index (χ0v) is 15.8. The average Bonchev–Trinajstić information content (AvgIpc) is 3.55. The van der Waals surface area contributed by atoms with Crippen LogP contribution in [0.4, 0.5) is 5.82 Å². The molecule has 0 saturated carbocycles. The van der Waals surface area contributed by atoms with Crippen LogP contribution in [0.15, 0.2) is 31.5 Å². The fourth-order valence-electron chi connectivity index (χ4n) is 3.35. The molecule has 0 bridgehead atoms. The van der Waals surface area contributed by atoms with E-state index in [1.165, 1.54) is 23.5 Å². The van der Waals surface area contributed by atoms with Gasteiger partial charge in [0.25, 0.3) is 0 Å². The van der Waals surface area contributed by atoms with E-state index >= 15 is 0 Å². The maximum Gasteiger partial charge on any atom is 0.169 e. The molecule has 1 aliphatic rings. The zero-order valence-electron chi connectivity index (χ0n) is 15.8. The van der Waals surface area contributed by atoms with Crippen molar-refractivity contribution in [3.05, 3.63) is 31.5 Å². The first-order valence-corrected chi connectivity index (χ1v) is 9.11. The number of hydrogen-bond donors (Lipinski definition) is 5. The van der Waals surface area contributed by atoms with Crippen LogP contribution in [0.1, 0.15) is 6.23 Å². The molecule has 4 atom stereocenters. The van der Waals surface area contributed by atoms with Gasteiger partial charge >= 0.3 is 0 Å². The van der Waals surface area contributed by atoms with Gasteiger partial charge in [-0.3, -0.25) is 9.67 Å². The smallest absolute Gasteiger partial charge is 0.169 e. The Morgan fingerprint density at radius 3 is 2.68 bits per heavy atom. The molecule has 5 aromatic rings. The molecule has 6 rings (SSSR count). The lowest BCUT2D eigenvalue weighted by molar-refractivity contribution is -0.0511. The third-order valence-corrected chi connectivity index (χ3v) is 4.91. The number of anilines is 1. The van der Waals surface area contributed by atoms with Gasteiger partial charge in [0, 0.05) is 0 Å². The Bertz CT molecular complexity index is 1300. The lowest BCUT2D eigenvalue weighted by atomic mass is 10.1. The fraction of sp³-hybridized carbons (Fsp3) is 0.312. The van der Waals surface area contributed by atoms with Crippen LogP contribution >= 0.6 is 0 Å². The molecule has 0 aromatic carbocycles. The second-order valence-electron chi connectivity index (χ2n) is 6.72. The molecule has 1 fully saturated rings. The molecule has 0 radical (unpaired) electrons. The summed E-state index contributed by atoms with van der Waals surface area (Å²) in [6, 6.07) is 0. The molecule has 0 unspecified atom stereocenters. The quantitative estimate of drug-likeness (QED) is 0.207. The number of fused-ring (bicyclic) bond motifs is 4. The van der Waals surface area contributed by atoms with Crippen molar-refractivity contribution >= 4 is 33.7 Å². The molecule has 0 aliphatic carbocycles. The van der Waals surface area contributed by atoms with E-state index in [0.29, 0.717) is 11.2 Å². The van der Waals surface area contributed by atoms with Crippen molar-refractivity contribution in [3.63, 3.8) is 0 Å². The summed E-state index contributed by atoms with van der Waals surface area (Å²) >= 11 is 0. The molecule has 6 N–H and O–H groups in total. The van der Waals surface area contributed by atoms with Crippen molar-refractivity contribution in [3.8, 4) is 0 Å². The van der Waals surface area contributed by atoms with Crippen LogP contribution in [-0.4, -0.2) is 89.5 Å². The number of aliphatic hydroxyl groups excluding tert-OH is 3. The number of rotatable bonds is 2. The van der Waals surface area contributed by atoms with Gasteiger partial charge in [0.15, 0.2) is 29.0 Å². The van der Waals surface area contributed by atoms with E-state index in [1.807, 2.05) is 0 Å². The van der Waals surface area contributed by atoms with Gasteiger partial charge < -0.3 is 25.8 Å². The molecule has 6 heterocycles. The minimum atomic E-state index is -1.19. The maximum atomic E-state index is 9.95. The predicted molar refractivity (Wildman–Crippen MR) is 103 cm³/mol. The molecule has 0 spiro atoms. The highest BCUT2D eigenvalue weighted by Gasteiger charge is 2.43. The fourth-order valence-corrected chi connectivity index (χ4v) is 3.35. The van der Waals surface area contributed by atoms with Gasteiger partial charge in [0.05, 0.1) is 24.5 Å². The molecule has 5 aromatic heterocycles. The maximum absolute atomic E-state index is 9.95. The summed E-state index contributed by atoms with van der Waals surface area (Å²) in [4.78, 5) is 20.0. The number of nitrogens with two attached hydrogens (primary N) is 1. The predicted octanol–water partition coefficient (Wildman–Crippen LogP) is -1.98. The Morgan fingerprint density at radius 2 is 1.87 bits per heavy atom. The second kappa shape index (κ2) is 7.47. The number of nitrogen functional groups attached to an aromatic ring is 1. The van der Waals surface area contributed by atoms with Crippen LogP contribution in [0, 0.1) is 0 Å². The number of nitrogens with zero attached hydrogens (tertiary/aromatic N) is 9. The monoisotopic (exact) mass is 427 g/mol. The highest BCUT2D eigenvalue weighted by Crippen LogP contribution is 2.31. The van der Waals surface area contributed by atoms with Gasteiger partial charge in [0.2, 0.25) is 0 Å². The molecule has 31 heavy (non-hydrogen) atoms. The van der Waals surface area contributed by atoms with Gasteiger partial charge in [-0.2, -0.15) is 10.2 Å². The first-order valence-electron chi connectivity index (χ1n) is 9.11. The molecule has 15 heteroatoms. The number of imidazole rings is 1. The number of H-pyrrole nitrogens is 1. The van der Waals surface area contributed by atoms with Crippen molar-refractivity contribution in [1.82, 2.24) is 49.3 Å². The summed E-state index contributed by atoms with van der Waals surface area (Å²) in [6.45, 7) is -0.390. The lowest BCUT2D eigenvalue weighted by Crippen LogP contribution is -2.33. The third-order valence-electron chi connectivity index (χ3n) is 4.91. The number of aromatic nitrogens is 10. The Balaban J connectivity index is 0.000000145. The Kier molecular flexibility index (Phi) is 4.63. The lowest BCUT2D eigenvalue weighted by Gasteiger charge is -2.16. The summed E-state index contributed by atoms with van der Waals surface area (Å²) in [7, 11) is 0. The number of ether oxygens (including phenoxy) is 1. The van der Waals surface area contributed by atoms with Crippen LogP contribution in [0.25, 0.3) is 27.8 Å². The molecule has 0 amide bonds. The molecule has 1 aliphatic heterocycles. The van der Waals surface area contributed by atoms with Crippen LogP contribution in [0.3, 0.4) is 0 Å². The first-order chi connectivity index (χ1) is 15.1. The number of nitrogens with one attached hydrogen (secondary N) is 1. The van der Waals surface area contributed by atoms with Crippen LogP contribution in [-0.2, 0) is 4.74 Å². The topological polar surface area (TPSA) is 211 Å². The number of aliphatic hydroxyl groups is 3. The van der Waals surface area contributed by atoms with Crippen molar-refractivity contribution < 1.29 is 20.1 Å². The number of aromatic amines is 1. The van der Waals surface area contributed by atoms with E-state index < -0.39 is 31.1 Å². The summed E-state index contributed by atoms with van der Waals surface area (Å²) < 4.78 is 8.46. The molecule has 160 valence electrons. The minimum absolute atomic E-state index is 0.218. The van der Waals surface area contributed by atoms with Gasteiger partial charge in [0.1, 0.15) is 42.8 Å². The Morgan fingerprint density at radius 1 is 1.03 bits per heavy atom. The number of hydrogen-bond acceptors (Lipinski definition) is 12. The summed E-state index contributed by atoms with van der Waals surface area (Å²) in [6.07, 6.45) is 3.35. The van der Waals surface area contributed by atoms with E-state index in [4.69, 9.17) is 15.6 Å². The largest absolute Gasteiger partial charge is 0.394 e. The van der Waals surface area contributed by atoms with Crippen LogP contribution in [0.5, 0.6) is 0 Å². The highest BCUT2D eigenvalue weighted by atomic mass is 16.6. The van der Waals surface area contributed by atoms with E-state index in [2.05, 4.69) is 40.2 Å². The highest BCUT2D eigenvalue weighted by molar-refractivity contribution is 5.87. The van der Waals surface area contributed by atoms with Crippen LogP contribution < -0.4 is 5.73 Å². The standard InChI is InChI=1S/C10H13N5O4.C6H4N6/c11-8-5-9(13-2-12-8)15(3-14-5)10-7(18)6(17)4(1-16)19-10;1-4-5(11-9-1)8-3-12-6(4)7-2-10-12/h2-4,6-7,10,16-18H,1H2,(H2,11,12,13);1-3H,(H,9,11)/t4-,6-,7-,10-;/m1./s1.